The Kier molecular flexibility index (Phi) is 8.00. The van der Waals surface area contributed by atoms with Crippen LogP contribution in [0.1, 0.15) is 17.5 Å². The van der Waals surface area contributed by atoms with E-state index in [2.05, 4.69) is 10.9 Å². The van der Waals surface area contributed by atoms with Crippen molar-refractivity contribution in [3.63, 3.8) is 0 Å². The SMILES string of the molecule is COc1cc(CCC(=O)NNC(=O)CSc2ccc(C)cc2)cc(OC)c1. The van der Waals surface area contributed by atoms with E-state index >= 15 is 0 Å². The number of hydrogen-bond donors (Lipinski definition) is 2. The molecule has 144 valence electrons. The summed E-state index contributed by atoms with van der Waals surface area (Å²) < 4.78 is 10.4. The van der Waals surface area contributed by atoms with E-state index in [1.807, 2.05) is 43.3 Å². The molecular formula is C20H24N2O4S. The third kappa shape index (κ3) is 7.22. The number of rotatable bonds is 8. The van der Waals surface area contributed by atoms with Crippen molar-refractivity contribution in [2.75, 3.05) is 20.0 Å². The summed E-state index contributed by atoms with van der Waals surface area (Å²) in [6.07, 6.45) is 0.745. The highest BCUT2D eigenvalue weighted by Crippen LogP contribution is 2.23. The number of benzene rings is 2. The van der Waals surface area contributed by atoms with E-state index in [4.69, 9.17) is 9.47 Å². The van der Waals surface area contributed by atoms with Crippen LogP contribution < -0.4 is 20.3 Å². The lowest BCUT2D eigenvalue weighted by atomic mass is 10.1. The molecule has 2 N–H and O–H groups in total. The van der Waals surface area contributed by atoms with Crippen LogP contribution in [0.15, 0.2) is 47.4 Å². The van der Waals surface area contributed by atoms with E-state index in [0.717, 1.165) is 10.5 Å². The molecule has 7 heteroatoms. The summed E-state index contributed by atoms with van der Waals surface area (Å²) >= 11 is 1.42. The molecule has 0 aliphatic carbocycles. The van der Waals surface area contributed by atoms with Gasteiger partial charge in [-0.1, -0.05) is 17.7 Å². The zero-order valence-corrected chi connectivity index (χ0v) is 16.5. The predicted octanol–water partition coefficient (Wildman–Crippen LogP) is 2.88. The van der Waals surface area contributed by atoms with Gasteiger partial charge < -0.3 is 9.47 Å². The van der Waals surface area contributed by atoms with Gasteiger partial charge in [0, 0.05) is 17.4 Å². The molecule has 0 aromatic heterocycles. The Bertz CT molecular complexity index is 756. The fourth-order valence-electron chi connectivity index (χ4n) is 2.29. The highest BCUT2D eigenvalue weighted by atomic mass is 32.2. The van der Waals surface area contributed by atoms with E-state index in [-0.39, 0.29) is 24.0 Å². The van der Waals surface area contributed by atoms with Crippen molar-refractivity contribution >= 4 is 23.6 Å². The molecule has 0 aliphatic rings. The third-order valence-corrected chi connectivity index (χ3v) is 4.80. The maximum absolute atomic E-state index is 11.9. The second kappa shape index (κ2) is 10.5. The number of hydrazine groups is 1. The predicted molar refractivity (Wildman–Crippen MR) is 106 cm³/mol. The standard InChI is InChI=1S/C20H24N2O4S/c1-14-4-7-18(8-5-14)27-13-20(24)22-21-19(23)9-6-15-10-16(25-2)12-17(11-15)26-3/h4-5,7-8,10-12H,6,9,13H2,1-3H3,(H,21,23)(H,22,24). The second-order valence-corrected chi connectivity index (χ2v) is 6.97. The molecule has 0 fully saturated rings. The average Bonchev–Trinajstić information content (AvgIpc) is 2.69. The van der Waals surface area contributed by atoms with Crippen LogP contribution in [0.4, 0.5) is 0 Å². The van der Waals surface area contributed by atoms with Crippen molar-refractivity contribution in [1.29, 1.82) is 0 Å². The Balaban J connectivity index is 1.72. The Morgan fingerprint density at radius 2 is 1.52 bits per heavy atom. The summed E-state index contributed by atoms with van der Waals surface area (Å²) in [6.45, 7) is 2.01. The first-order chi connectivity index (χ1) is 13.0. The number of carbonyl (C=O) groups is 2. The molecule has 0 heterocycles. The van der Waals surface area contributed by atoms with Gasteiger partial charge in [-0.25, -0.2) is 0 Å². The minimum absolute atomic E-state index is 0.233. The summed E-state index contributed by atoms with van der Waals surface area (Å²) in [5.41, 5.74) is 6.97. The van der Waals surface area contributed by atoms with Gasteiger partial charge >= 0.3 is 0 Å². The molecule has 0 saturated carbocycles. The molecule has 0 unspecified atom stereocenters. The minimum Gasteiger partial charge on any atom is -0.497 e. The van der Waals surface area contributed by atoms with Gasteiger partial charge in [0.2, 0.25) is 11.8 Å². The van der Waals surface area contributed by atoms with Gasteiger partial charge in [0.15, 0.2) is 0 Å². The van der Waals surface area contributed by atoms with Gasteiger partial charge in [0.1, 0.15) is 11.5 Å². The van der Waals surface area contributed by atoms with Gasteiger partial charge in [0.05, 0.1) is 20.0 Å². The number of methoxy groups -OCH3 is 2. The molecule has 0 radical (unpaired) electrons. The third-order valence-electron chi connectivity index (χ3n) is 3.78. The van der Waals surface area contributed by atoms with Crippen molar-refractivity contribution < 1.29 is 19.1 Å². The number of nitrogens with one attached hydrogen (secondary N) is 2. The average molecular weight is 388 g/mol. The van der Waals surface area contributed by atoms with Crippen LogP contribution in [0.5, 0.6) is 11.5 Å². The molecule has 2 rings (SSSR count). The number of ether oxygens (including phenoxy) is 2. The number of aryl methyl sites for hydroxylation is 2. The molecule has 2 amide bonds. The molecule has 27 heavy (non-hydrogen) atoms. The van der Waals surface area contributed by atoms with E-state index < -0.39 is 0 Å². The Morgan fingerprint density at radius 1 is 0.926 bits per heavy atom. The fraction of sp³-hybridized carbons (Fsp3) is 0.300. The van der Waals surface area contributed by atoms with E-state index in [9.17, 15) is 9.59 Å². The Labute approximate surface area is 163 Å². The first-order valence-corrected chi connectivity index (χ1v) is 9.48. The maximum atomic E-state index is 11.9. The first-order valence-electron chi connectivity index (χ1n) is 8.49. The molecule has 2 aromatic carbocycles. The number of thioether (sulfide) groups is 1. The fourth-order valence-corrected chi connectivity index (χ4v) is 2.99. The van der Waals surface area contributed by atoms with Gasteiger partial charge in [-0.2, -0.15) is 0 Å². The summed E-state index contributed by atoms with van der Waals surface area (Å²) in [5.74, 6) is 1.07. The van der Waals surface area contributed by atoms with Crippen LogP contribution in [-0.2, 0) is 16.0 Å². The van der Waals surface area contributed by atoms with Gasteiger partial charge in [-0.05, 0) is 43.2 Å². The summed E-state index contributed by atoms with van der Waals surface area (Å²) in [4.78, 5) is 24.8. The van der Waals surface area contributed by atoms with Crippen LogP contribution in [0.2, 0.25) is 0 Å². The van der Waals surface area contributed by atoms with Crippen molar-refractivity contribution in [1.82, 2.24) is 10.9 Å². The lowest BCUT2D eigenvalue weighted by molar-refractivity contribution is -0.127. The topological polar surface area (TPSA) is 76.7 Å². The Hall–Kier alpha value is -2.67. The van der Waals surface area contributed by atoms with Gasteiger partial charge in [0.25, 0.3) is 0 Å². The molecule has 0 spiro atoms. The molecule has 2 aromatic rings. The van der Waals surface area contributed by atoms with Gasteiger partial charge in [-0.15, -0.1) is 11.8 Å². The molecule has 0 atom stereocenters. The van der Waals surface area contributed by atoms with Crippen LogP contribution in [-0.4, -0.2) is 31.8 Å². The summed E-state index contributed by atoms with van der Waals surface area (Å²) in [5, 5.41) is 0. The van der Waals surface area contributed by atoms with Crippen molar-refractivity contribution in [3.8, 4) is 11.5 Å². The largest absolute Gasteiger partial charge is 0.497 e. The van der Waals surface area contributed by atoms with Crippen molar-refractivity contribution in [2.24, 2.45) is 0 Å². The number of amides is 2. The summed E-state index contributed by atoms with van der Waals surface area (Å²) in [6, 6.07) is 13.4. The highest BCUT2D eigenvalue weighted by molar-refractivity contribution is 8.00. The smallest absolute Gasteiger partial charge is 0.248 e. The van der Waals surface area contributed by atoms with Crippen LogP contribution >= 0.6 is 11.8 Å². The van der Waals surface area contributed by atoms with E-state index in [0.29, 0.717) is 17.9 Å². The first kappa shape index (κ1) is 20.6. The molecular weight excluding hydrogens is 364 g/mol. The molecule has 0 bridgehead atoms. The lowest BCUT2D eigenvalue weighted by Gasteiger charge is -2.09. The van der Waals surface area contributed by atoms with Crippen LogP contribution in [0.3, 0.4) is 0 Å². The molecule has 0 aliphatic heterocycles. The zero-order chi connectivity index (χ0) is 19.6. The number of carbonyl (C=O) groups excluding carboxylic acids is 2. The van der Waals surface area contributed by atoms with E-state index in [1.54, 1.807) is 20.3 Å². The zero-order valence-electron chi connectivity index (χ0n) is 15.7. The minimum atomic E-state index is -0.259. The monoisotopic (exact) mass is 388 g/mol. The highest BCUT2D eigenvalue weighted by Gasteiger charge is 2.08. The lowest BCUT2D eigenvalue weighted by Crippen LogP contribution is -2.42. The van der Waals surface area contributed by atoms with Crippen molar-refractivity contribution in [3.05, 3.63) is 53.6 Å². The quantitative estimate of drug-likeness (QED) is 0.537. The van der Waals surface area contributed by atoms with Crippen LogP contribution in [0, 0.1) is 6.92 Å². The van der Waals surface area contributed by atoms with Gasteiger partial charge in [-0.3, -0.25) is 20.4 Å². The van der Waals surface area contributed by atoms with Crippen molar-refractivity contribution in [2.45, 2.75) is 24.7 Å². The molecule has 0 saturated heterocycles. The van der Waals surface area contributed by atoms with E-state index in [1.165, 1.54) is 17.3 Å². The maximum Gasteiger partial charge on any atom is 0.248 e. The number of hydrogen-bond acceptors (Lipinski definition) is 5. The normalized spacial score (nSPS) is 10.2. The molecule has 6 nitrogen and oxygen atoms in total. The second-order valence-electron chi connectivity index (χ2n) is 5.92. The summed E-state index contributed by atoms with van der Waals surface area (Å²) in [7, 11) is 3.16. The van der Waals surface area contributed by atoms with Crippen LogP contribution in [0.25, 0.3) is 0 Å². The Morgan fingerprint density at radius 3 is 2.11 bits per heavy atom.